The molecule has 0 aliphatic carbocycles. The van der Waals surface area contributed by atoms with E-state index in [2.05, 4.69) is 37.4 Å². The van der Waals surface area contributed by atoms with E-state index in [9.17, 15) is 0 Å². The monoisotopic (exact) mass is 205 g/mol. The van der Waals surface area contributed by atoms with Gasteiger partial charge in [0.2, 0.25) is 0 Å². The zero-order chi connectivity index (χ0) is 10.1. The van der Waals surface area contributed by atoms with Crippen molar-refractivity contribution in [2.24, 2.45) is 5.73 Å². The summed E-state index contributed by atoms with van der Waals surface area (Å²) < 4.78 is 1.36. The first-order chi connectivity index (χ1) is 6.72. The highest BCUT2D eigenvalue weighted by Crippen LogP contribution is 2.31. The molecule has 0 atom stereocenters. The molecule has 1 heterocycles. The first-order valence-corrected chi connectivity index (χ1v) is 5.80. The van der Waals surface area contributed by atoms with Gasteiger partial charge in [0.05, 0.1) is 0 Å². The molecule has 0 amide bonds. The lowest BCUT2D eigenvalue weighted by molar-refractivity contribution is 0.880. The highest BCUT2D eigenvalue weighted by atomic mass is 32.1. The summed E-state index contributed by atoms with van der Waals surface area (Å²) in [6.07, 6.45) is 0. The van der Waals surface area contributed by atoms with Gasteiger partial charge in [-0.3, -0.25) is 0 Å². The standard InChI is InChI=1S/C12H15NS/c1-8(2)11-7-14-12-5-9(6-13)3-4-10(11)12/h3-5,7-8H,6,13H2,1-2H3. The Morgan fingerprint density at radius 3 is 2.79 bits per heavy atom. The van der Waals surface area contributed by atoms with Crippen molar-refractivity contribution >= 4 is 21.4 Å². The van der Waals surface area contributed by atoms with Gasteiger partial charge in [0.1, 0.15) is 0 Å². The van der Waals surface area contributed by atoms with Crippen LogP contribution in [-0.4, -0.2) is 0 Å². The van der Waals surface area contributed by atoms with E-state index in [-0.39, 0.29) is 0 Å². The highest BCUT2D eigenvalue weighted by Gasteiger charge is 2.07. The van der Waals surface area contributed by atoms with Gasteiger partial charge in [-0.05, 0) is 33.9 Å². The SMILES string of the molecule is CC(C)c1csc2cc(CN)ccc12. The van der Waals surface area contributed by atoms with E-state index in [0.29, 0.717) is 12.5 Å². The predicted molar refractivity (Wildman–Crippen MR) is 63.8 cm³/mol. The van der Waals surface area contributed by atoms with Crippen molar-refractivity contribution in [2.45, 2.75) is 26.3 Å². The molecule has 74 valence electrons. The van der Waals surface area contributed by atoms with Gasteiger partial charge < -0.3 is 5.73 Å². The lowest BCUT2D eigenvalue weighted by Crippen LogP contribution is -1.95. The fourth-order valence-corrected chi connectivity index (χ4v) is 2.85. The van der Waals surface area contributed by atoms with Crippen molar-refractivity contribution < 1.29 is 0 Å². The van der Waals surface area contributed by atoms with Gasteiger partial charge in [-0.2, -0.15) is 0 Å². The van der Waals surface area contributed by atoms with E-state index in [4.69, 9.17) is 5.73 Å². The summed E-state index contributed by atoms with van der Waals surface area (Å²) in [4.78, 5) is 0. The van der Waals surface area contributed by atoms with Crippen LogP contribution in [0.5, 0.6) is 0 Å². The molecule has 2 rings (SSSR count). The molecule has 1 aromatic carbocycles. The third-order valence-corrected chi connectivity index (χ3v) is 3.49. The number of fused-ring (bicyclic) bond motifs is 1. The van der Waals surface area contributed by atoms with Crippen LogP contribution in [0.3, 0.4) is 0 Å². The molecule has 0 bridgehead atoms. The zero-order valence-corrected chi connectivity index (χ0v) is 9.40. The molecule has 0 spiro atoms. The van der Waals surface area contributed by atoms with Gasteiger partial charge in [-0.1, -0.05) is 26.0 Å². The molecule has 14 heavy (non-hydrogen) atoms. The Bertz CT molecular complexity index is 443. The zero-order valence-electron chi connectivity index (χ0n) is 8.58. The number of hydrogen-bond acceptors (Lipinski definition) is 2. The normalized spacial score (nSPS) is 11.4. The van der Waals surface area contributed by atoms with E-state index in [1.807, 2.05) is 11.3 Å². The summed E-state index contributed by atoms with van der Waals surface area (Å²) in [5, 5.41) is 3.65. The summed E-state index contributed by atoms with van der Waals surface area (Å²) in [7, 11) is 0. The average molecular weight is 205 g/mol. The fraction of sp³-hybridized carbons (Fsp3) is 0.333. The molecule has 0 unspecified atom stereocenters. The molecule has 0 saturated carbocycles. The van der Waals surface area contributed by atoms with E-state index in [1.54, 1.807) is 0 Å². The van der Waals surface area contributed by atoms with E-state index in [1.165, 1.54) is 21.2 Å². The Morgan fingerprint density at radius 1 is 1.36 bits per heavy atom. The number of rotatable bonds is 2. The molecule has 1 aromatic heterocycles. The quantitative estimate of drug-likeness (QED) is 0.798. The summed E-state index contributed by atoms with van der Waals surface area (Å²) in [6.45, 7) is 5.10. The lowest BCUT2D eigenvalue weighted by Gasteiger charge is -2.03. The molecule has 2 aromatic rings. The summed E-state index contributed by atoms with van der Waals surface area (Å²) in [6, 6.07) is 6.52. The van der Waals surface area contributed by atoms with Crippen LogP contribution in [0, 0.1) is 0 Å². The molecule has 0 fully saturated rings. The first kappa shape index (κ1) is 9.69. The smallest absolute Gasteiger partial charge is 0.0348 e. The maximum atomic E-state index is 5.61. The Kier molecular flexibility index (Phi) is 2.57. The first-order valence-electron chi connectivity index (χ1n) is 4.92. The number of hydrogen-bond donors (Lipinski definition) is 1. The molecule has 2 heteroatoms. The van der Waals surface area contributed by atoms with Crippen molar-refractivity contribution in [3.8, 4) is 0 Å². The Hall–Kier alpha value is -0.860. The van der Waals surface area contributed by atoms with Crippen LogP contribution in [0.25, 0.3) is 10.1 Å². The average Bonchev–Trinajstić information content (AvgIpc) is 2.59. The minimum atomic E-state index is 0.604. The van der Waals surface area contributed by atoms with Crippen molar-refractivity contribution in [3.63, 3.8) is 0 Å². The van der Waals surface area contributed by atoms with Gasteiger partial charge >= 0.3 is 0 Å². The van der Waals surface area contributed by atoms with Crippen molar-refractivity contribution in [1.82, 2.24) is 0 Å². The minimum Gasteiger partial charge on any atom is -0.326 e. The molecular weight excluding hydrogens is 190 g/mol. The Morgan fingerprint density at radius 2 is 2.14 bits per heavy atom. The topological polar surface area (TPSA) is 26.0 Å². The van der Waals surface area contributed by atoms with Crippen molar-refractivity contribution in [1.29, 1.82) is 0 Å². The van der Waals surface area contributed by atoms with E-state index >= 15 is 0 Å². The van der Waals surface area contributed by atoms with Crippen LogP contribution in [0.4, 0.5) is 0 Å². The number of nitrogens with two attached hydrogens (primary N) is 1. The fourth-order valence-electron chi connectivity index (χ4n) is 1.67. The molecule has 0 saturated heterocycles. The Labute approximate surface area is 88.6 Å². The minimum absolute atomic E-state index is 0.604. The Balaban J connectivity index is 2.59. The number of benzene rings is 1. The summed E-state index contributed by atoms with van der Waals surface area (Å²) in [5.74, 6) is 0.604. The van der Waals surface area contributed by atoms with Crippen molar-refractivity contribution in [2.75, 3.05) is 0 Å². The van der Waals surface area contributed by atoms with Crippen LogP contribution in [0.1, 0.15) is 30.9 Å². The molecule has 2 N–H and O–H groups in total. The van der Waals surface area contributed by atoms with Gasteiger partial charge in [0, 0.05) is 11.2 Å². The second-order valence-corrected chi connectivity index (χ2v) is 4.79. The van der Waals surface area contributed by atoms with Crippen LogP contribution in [0.15, 0.2) is 23.6 Å². The second-order valence-electron chi connectivity index (χ2n) is 3.88. The molecule has 1 nitrogen and oxygen atoms in total. The maximum Gasteiger partial charge on any atom is 0.0348 e. The van der Waals surface area contributed by atoms with Gasteiger partial charge in [-0.25, -0.2) is 0 Å². The van der Waals surface area contributed by atoms with Crippen LogP contribution in [0.2, 0.25) is 0 Å². The summed E-state index contributed by atoms with van der Waals surface area (Å²) in [5.41, 5.74) is 8.28. The summed E-state index contributed by atoms with van der Waals surface area (Å²) >= 11 is 1.82. The van der Waals surface area contributed by atoms with Crippen LogP contribution < -0.4 is 5.73 Å². The largest absolute Gasteiger partial charge is 0.326 e. The molecule has 0 aliphatic rings. The second kappa shape index (κ2) is 3.71. The predicted octanol–water partition coefficient (Wildman–Crippen LogP) is 3.48. The molecule has 0 radical (unpaired) electrons. The highest BCUT2D eigenvalue weighted by molar-refractivity contribution is 7.17. The lowest BCUT2D eigenvalue weighted by atomic mass is 10.0. The number of thiophene rings is 1. The molecule has 0 aliphatic heterocycles. The van der Waals surface area contributed by atoms with E-state index < -0.39 is 0 Å². The maximum absolute atomic E-state index is 5.61. The third-order valence-electron chi connectivity index (χ3n) is 2.53. The van der Waals surface area contributed by atoms with Crippen molar-refractivity contribution in [3.05, 3.63) is 34.7 Å². The molecular formula is C12H15NS. The van der Waals surface area contributed by atoms with Gasteiger partial charge in [0.15, 0.2) is 0 Å². The van der Waals surface area contributed by atoms with Gasteiger partial charge in [-0.15, -0.1) is 11.3 Å². The van der Waals surface area contributed by atoms with Crippen LogP contribution >= 0.6 is 11.3 Å². The van der Waals surface area contributed by atoms with E-state index in [0.717, 1.165) is 0 Å². The third kappa shape index (κ3) is 1.56. The van der Waals surface area contributed by atoms with Gasteiger partial charge in [0.25, 0.3) is 0 Å². The van der Waals surface area contributed by atoms with Crippen LogP contribution in [-0.2, 0) is 6.54 Å².